The molecule has 0 spiro atoms. The van der Waals surface area contributed by atoms with Crippen molar-refractivity contribution < 1.29 is 148 Å². The summed E-state index contributed by atoms with van der Waals surface area (Å²) in [6.45, 7) is 5.37. The fourth-order valence-electron chi connectivity index (χ4n) is 7.16. The number of aliphatic hydroxyl groups is 15. The van der Waals surface area contributed by atoms with Gasteiger partial charge in [-0.15, -0.1) is 0 Å². The van der Waals surface area contributed by atoms with Gasteiger partial charge < -0.3 is 131 Å². The minimum atomic E-state index is -2.12. The van der Waals surface area contributed by atoms with Gasteiger partial charge in [0.2, 0.25) is 5.91 Å². The zero-order valence-electron chi connectivity index (χ0n) is 49.8. The number of hydrogen-bond donors (Lipinski definition) is 19. The zero-order chi connectivity index (χ0) is 68.5. The number of ether oxygens (including phenoxy) is 4. The van der Waals surface area contributed by atoms with E-state index in [1.807, 2.05) is 32.0 Å². The normalized spacial score (nSPS) is 18.6. The first-order valence-corrected chi connectivity index (χ1v) is 27.7. The van der Waals surface area contributed by atoms with Gasteiger partial charge >= 0.3 is 31.0 Å². The summed E-state index contributed by atoms with van der Waals surface area (Å²) in [6, 6.07) is 8.02. The van der Waals surface area contributed by atoms with Crippen molar-refractivity contribution in [3.05, 3.63) is 60.2 Å². The number of nitrogens with zero attached hydrogens (tertiary/aromatic N) is 2. The quantitative estimate of drug-likeness (QED) is 0.0100. The minimum Gasteiger partial charge on any atom is -0.461 e. The van der Waals surface area contributed by atoms with E-state index in [0.717, 1.165) is 19.4 Å². The number of hydrogen-bond acceptors (Lipinski definition) is 32. The van der Waals surface area contributed by atoms with E-state index >= 15 is 0 Å². The SMILES string of the molecule is CC(C)CC(NC(=O)C(Cc1ccccc1)NC(=O)c1cnccn1)B1OC[C@@H]([C@@H](O)[C@H](O)[C@H](O)C(=O)NCCOC(=O)C(C)OC(=O)C(C)O)O1.CC(O)C(=O)OC(C)C(=O)OCCNC(=O)[C@@H](O)[C@@H](O)[C@H](O)[C@H](O)CO.O=C[C@@H](O)[C@@H](O)[C@H](O)[C@H](O)CO. The lowest BCUT2D eigenvalue weighted by atomic mass is 9.74. The monoisotopic (exact) mass is 1290 g/mol. The van der Waals surface area contributed by atoms with Crippen LogP contribution in [0.25, 0.3) is 0 Å². The van der Waals surface area contributed by atoms with Crippen LogP contribution in [0.2, 0.25) is 0 Å². The van der Waals surface area contributed by atoms with Crippen molar-refractivity contribution in [3.8, 4) is 0 Å². The minimum absolute atomic E-state index is 0.0211. The molecule has 1 fully saturated rings. The van der Waals surface area contributed by atoms with Crippen LogP contribution in [0, 0.1) is 5.92 Å². The van der Waals surface area contributed by atoms with Gasteiger partial charge in [-0.1, -0.05) is 44.2 Å². The molecule has 3 rings (SSSR count). The third kappa shape index (κ3) is 28.9. The summed E-state index contributed by atoms with van der Waals surface area (Å²) in [5, 5.41) is 150. The average molecular weight is 1300 g/mol. The van der Waals surface area contributed by atoms with Crippen LogP contribution in [0.3, 0.4) is 0 Å². The van der Waals surface area contributed by atoms with Crippen molar-refractivity contribution in [2.75, 3.05) is 46.1 Å². The maximum atomic E-state index is 13.7. The molecule has 1 aliphatic heterocycles. The van der Waals surface area contributed by atoms with Crippen molar-refractivity contribution in [2.45, 2.75) is 164 Å². The third-order valence-corrected chi connectivity index (χ3v) is 12.3. The van der Waals surface area contributed by atoms with E-state index < -0.39 is 177 Å². The van der Waals surface area contributed by atoms with Crippen LogP contribution < -0.4 is 21.3 Å². The molecule has 2 aromatic rings. The summed E-state index contributed by atoms with van der Waals surface area (Å²) in [5.41, 5.74) is 0.801. The number of esters is 4. The lowest BCUT2D eigenvalue weighted by Crippen LogP contribution is -2.56. The second kappa shape index (κ2) is 42.2. The molecule has 1 aromatic heterocycles. The maximum Gasteiger partial charge on any atom is 0.481 e. The number of amides is 4. The molecule has 4 amide bonds. The van der Waals surface area contributed by atoms with Gasteiger partial charge in [-0.25, -0.2) is 24.2 Å². The average Bonchev–Trinajstić information content (AvgIpc) is 3.54. The highest BCUT2D eigenvalue weighted by atomic mass is 16.7. The summed E-state index contributed by atoms with van der Waals surface area (Å²) in [6.07, 6.45) is -22.8. The zero-order valence-corrected chi connectivity index (χ0v) is 49.8. The topological polar surface area (TPSA) is 586 Å². The molecular formula is C53H83BN6O30. The van der Waals surface area contributed by atoms with Crippen LogP contribution in [0.1, 0.15) is 64.0 Å². The number of rotatable bonds is 35. The standard InChI is InChI=1S/C33H46BN5O13.C14H25NO11.C6H12O6/c1-18(2)14-25(39-29(44)22(15-21-8-6-5-7-9-21)38-30(45)23-16-35-10-11-36-23)34-50-17-24(52-34)26(41)27(42)28(43)31(46)37-12-13-49-33(48)20(4)51-32(47)19(3)40;1-6(17)13(23)26-7(2)14(24)25-4-3-15-12(22)11(21)10(20)9(19)8(18)5-16;7-1-3(9)5(11)6(12)4(10)2-8/h5-11,16,18-20,22,24-28,40-43H,12-15,17H2,1-4H3,(H,37,46)(H,38,45)(H,39,44);6-11,16-21H,3-5H2,1-2H3,(H,15,22);1,3-6,8-12H,2H2/t19?,20?,22?,24-,25?,26+,27-,28-;6?,7?,8-,9-,10+,11+;3-,4-,5-,6-/m011/s1. The van der Waals surface area contributed by atoms with E-state index in [0.29, 0.717) is 6.42 Å². The number of aliphatic hydroxyl groups excluding tert-OH is 15. The first-order valence-electron chi connectivity index (χ1n) is 27.7. The number of aromatic nitrogens is 2. The van der Waals surface area contributed by atoms with E-state index in [4.69, 9.17) is 69.5 Å². The number of benzene rings is 1. The van der Waals surface area contributed by atoms with E-state index in [1.54, 1.807) is 12.1 Å². The van der Waals surface area contributed by atoms with Crippen molar-refractivity contribution in [1.82, 2.24) is 31.2 Å². The van der Waals surface area contributed by atoms with Crippen LogP contribution in [-0.2, 0) is 73.0 Å². The Bertz CT molecular complexity index is 2500. The van der Waals surface area contributed by atoms with Crippen LogP contribution in [0.15, 0.2) is 48.9 Å². The van der Waals surface area contributed by atoms with Crippen molar-refractivity contribution in [1.29, 1.82) is 0 Å². The lowest BCUT2D eigenvalue weighted by molar-refractivity contribution is -0.171. The summed E-state index contributed by atoms with van der Waals surface area (Å²) >= 11 is 0. The molecule has 2 heterocycles. The Morgan fingerprint density at radius 2 is 1.12 bits per heavy atom. The highest BCUT2D eigenvalue weighted by Gasteiger charge is 2.46. The summed E-state index contributed by atoms with van der Waals surface area (Å²) in [4.78, 5) is 114. The number of aldehydes is 1. The highest BCUT2D eigenvalue weighted by molar-refractivity contribution is 6.47. The third-order valence-electron chi connectivity index (χ3n) is 12.3. The fourth-order valence-corrected chi connectivity index (χ4v) is 7.16. The van der Waals surface area contributed by atoms with Gasteiger partial charge in [0.25, 0.3) is 17.7 Å². The molecular weight excluding hydrogens is 1210 g/mol. The first kappa shape index (κ1) is 81.1. The molecule has 36 nitrogen and oxygen atoms in total. The molecule has 6 unspecified atom stereocenters. The number of nitrogens with one attached hydrogen (secondary N) is 4. The molecule has 0 bridgehead atoms. The van der Waals surface area contributed by atoms with Gasteiger partial charge in [0.05, 0.1) is 51.2 Å². The number of carbonyl (C=O) groups excluding carboxylic acids is 9. The van der Waals surface area contributed by atoms with Crippen molar-refractivity contribution in [3.63, 3.8) is 0 Å². The van der Waals surface area contributed by atoms with Gasteiger partial charge in [0, 0.05) is 18.8 Å². The Morgan fingerprint density at radius 3 is 1.57 bits per heavy atom. The smallest absolute Gasteiger partial charge is 0.461 e. The van der Waals surface area contributed by atoms with Crippen LogP contribution in [-0.4, -0.2) is 303 Å². The molecule has 508 valence electrons. The van der Waals surface area contributed by atoms with Gasteiger partial charge in [0.15, 0.2) is 30.7 Å². The van der Waals surface area contributed by atoms with Crippen molar-refractivity contribution in [2.24, 2.45) is 5.92 Å². The second-order valence-corrected chi connectivity index (χ2v) is 20.3. The molecule has 37 heteroatoms. The molecule has 1 saturated heterocycles. The fraction of sp³-hybridized carbons (Fsp3) is 0.642. The van der Waals surface area contributed by atoms with E-state index in [9.17, 15) is 73.8 Å². The summed E-state index contributed by atoms with van der Waals surface area (Å²) in [7, 11) is -1.10. The van der Waals surface area contributed by atoms with E-state index in [2.05, 4.69) is 36.0 Å². The van der Waals surface area contributed by atoms with Gasteiger partial charge in [-0.2, -0.15) is 0 Å². The summed E-state index contributed by atoms with van der Waals surface area (Å²) < 4.78 is 30.5. The molecule has 19 N–H and O–H groups in total. The lowest BCUT2D eigenvalue weighted by Gasteiger charge is -2.28. The Labute approximate surface area is 515 Å². The molecule has 0 saturated carbocycles. The van der Waals surface area contributed by atoms with Gasteiger partial charge in [0.1, 0.15) is 92.1 Å². The summed E-state index contributed by atoms with van der Waals surface area (Å²) in [5.74, 6) is -8.03. The number of carbonyl (C=O) groups is 9. The predicted octanol–water partition coefficient (Wildman–Crippen LogP) is -10.1. The molecule has 0 radical (unpaired) electrons. The maximum absolute atomic E-state index is 13.7. The Hall–Kier alpha value is -6.89. The Morgan fingerprint density at radius 1 is 0.633 bits per heavy atom. The second-order valence-electron chi connectivity index (χ2n) is 20.3. The molecule has 0 aliphatic carbocycles. The van der Waals surface area contributed by atoms with Gasteiger partial charge in [-0.3, -0.25) is 24.2 Å². The molecule has 1 aromatic carbocycles. The van der Waals surface area contributed by atoms with Crippen LogP contribution in [0.5, 0.6) is 0 Å². The Kier molecular flexibility index (Phi) is 38.1. The predicted molar refractivity (Wildman–Crippen MR) is 300 cm³/mol. The Balaban J connectivity index is 0.000000879. The first-order chi connectivity index (χ1) is 42.2. The molecule has 18 atom stereocenters. The van der Waals surface area contributed by atoms with Crippen LogP contribution >= 0.6 is 0 Å². The van der Waals surface area contributed by atoms with E-state index in [-0.39, 0.29) is 57.2 Å². The van der Waals surface area contributed by atoms with E-state index in [1.165, 1.54) is 32.4 Å². The highest BCUT2D eigenvalue weighted by Crippen LogP contribution is 2.22. The van der Waals surface area contributed by atoms with Crippen LogP contribution in [0.4, 0.5) is 0 Å². The molecule has 1 aliphatic rings. The molecule has 90 heavy (non-hydrogen) atoms. The van der Waals surface area contributed by atoms with Crippen molar-refractivity contribution >= 4 is 60.9 Å². The largest absolute Gasteiger partial charge is 0.481 e. The van der Waals surface area contributed by atoms with Gasteiger partial charge in [-0.05, 0) is 45.6 Å².